The van der Waals surface area contributed by atoms with Gasteiger partial charge in [-0.15, -0.1) is 0 Å². The van der Waals surface area contributed by atoms with Crippen LogP contribution in [0.4, 0.5) is 0 Å². The summed E-state index contributed by atoms with van der Waals surface area (Å²) in [6.45, 7) is 3.65. The number of esters is 1. The van der Waals surface area contributed by atoms with Gasteiger partial charge in [0.15, 0.2) is 0 Å². The van der Waals surface area contributed by atoms with Crippen molar-refractivity contribution in [2.45, 2.75) is 45.6 Å². The first-order valence-corrected chi connectivity index (χ1v) is 7.56. The maximum Gasteiger partial charge on any atom is 0.338 e. The number of hydrogen-bond acceptors (Lipinski definition) is 7. The molecule has 0 heterocycles. The standard InChI is InChI=1S/C16H22N2O5/c1-9-10(2)14(22-17)8-7-13(9)16(20)21-12-5-3-11(4-6-12)15(19)23-18/h7-8,11-12H,3-6,17-18H2,1-2H3. The molecule has 4 N–H and O–H groups in total. The Hall–Kier alpha value is -2.12. The monoisotopic (exact) mass is 322 g/mol. The Labute approximate surface area is 134 Å². The van der Waals surface area contributed by atoms with Gasteiger partial charge < -0.3 is 14.4 Å². The zero-order chi connectivity index (χ0) is 17.0. The van der Waals surface area contributed by atoms with Gasteiger partial charge in [-0.2, -0.15) is 11.8 Å². The Bertz CT molecular complexity index is 594. The lowest BCUT2D eigenvalue weighted by molar-refractivity contribution is -0.150. The van der Waals surface area contributed by atoms with E-state index in [1.165, 1.54) is 0 Å². The molecule has 1 aliphatic rings. The maximum absolute atomic E-state index is 12.4. The molecule has 0 atom stereocenters. The molecule has 0 spiro atoms. The summed E-state index contributed by atoms with van der Waals surface area (Å²) in [6.07, 6.45) is 2.24. The third-order valence-corrected chi connectivity index (χ3v) is 4.48. The SMILES string of the molecule is Cc1c(ON)ccc(C(=O)OC2CCC(C(=O)ON)CC2)c1C. The molecule has 2 rings (SSSR count). The number of rotatable bonds is 4. The normalized spacial score (nSPS) is 20.7. The number of hydrogen-bond donors (Lipinski definition) is 2. The van der Waals surface area contributed by atoms with Crippen molar-refractivity contribution in [2.75, 3.05) is 0 Å². The van der Waals surface area contributed by atoms with Crippen molar-refractivity contribution in [1.82, 2.24) is 0 Å². The fraction of sp³-hybridized carbons (Fsp3) is 0.500. The van der Waals surface area contributed by atoms with Crippen LogP contribution >= 0.6 is 0 Å². The minimum atomic E-state index is -0.404. The molecule has 0 saturated heterocycles. The third kappa shape index (κ3) is 3.80. The minimum Gasteiger partial charge on any atom is -0.459 e. The van der Waals surface area contributed by atoms with Crippen LogP contribution in [0.25, 0.3) is 0 Å². The van der Waals surface area contributed by atoms with Crippen LogP contribution in [-0.2, 0) is 14.4 Å². The van der Waals surface area contributed by atoms with Crippen LogP contribution in [0.15, 0.2) is 12.1 Å². The van der Waals surface area contributed by atoms with E-state index in [1.807, 2.05) is 13.8 Å². The molecule has 0 unspecified atom stereocenters. The van der Waals surface area contributed by atoms with Crippen molar-refractivity contribution in [3.8, 4) is 5.75 Å². The lowest BCUT2D eigenvalue weighted by Crippen LogP contribution is -2.30. The number of carbonyl (C=O) groups is 2. The molecule has 7 nitrogen and oxygen atoms in total. The van der Waals surface area contributed by atoms with Gasteiger partial charge in [0.05, 0.1) is 11.5 Å². The summed E-state index contributed by atoms with van der Waals surface area (Å²) in [7, 11) is 0. The van der Waals surface area contributed by atoms with Gasteiger partial charge in [0.25, 0.3) is 0 Å². The molecule has 0 amide bonds. The molecule has 0 aliphatic heterocycles. The molecule has 1 saturated carbocycles. The molecule has 1 fully saturated rings. The van der Waals surface area contributed by atoms with Crippen molar-refractivity contribution in [1.29, 1.82) is 0 Å². The summed E-state index contributed by atoms with van der Waals surface area (Å²) in [5.41, 5.74) is 2.07. The number of ether oxygens (including phenoxy) is 1. The number of benzene rings is 1. The summed E-state index contributed by atoms with van der Waals surface area (Å²) in [5, 5.41) is 0. The van der Waals surface area contributed by atoms with Gasteiger partial charge in [0.1, 0.15) is 11.9 Å². The lowest BCUT2D eigenvalue weighted by atomic mass is 9.87. The highest BCUT2D eigenvalue weighted by molar-refractivity contribution is 5.91. The molecular weight excluding hydrogens is 300 g/mol. The summed E-state index contributed by atoms with van der Waals surface area (Å²) in [6, 6.07) is 3.29. The number of carbonyl (C=O) groups excluding carboxylic acids is 2. The second-order valence-electron chi connectivity index (χ2n) is 5.79. The van der Waals surface area contributed by atoms with Gasteiger partial charge in [-0.25, -0.2) is 4.79 Å². The Balaban J connectivity index is 1.98. The van der Waals surface area contributed by atoms with Gasteiger partial charge in [-0.3, -0.25) is 4.79 Å². The zero-order valence-corrected chi connectivity index (χ0v) is 13.3. The fourth-order valence-electron chi connectivity index (χ4n) is 2.87. The van der Waals surface area contributed by atoms with E-state index in [4.69, 9.17) is 21.4 Å². The van der Waals surface area contributed by atoms with Crippen LogP contribution in [0.5, 0.6) is 5.75 Å². The van der Waals surface area contributed by atoms with Crippen LogP contribution < -0.4 is 16.6 Å². The average molecular weight is 322 g/mol. The van der Waals surface area contributed by atoms with Gasteiger partial charge in [0.2, 0.25) is 0 Å². The topological polar surface area (TPSA) is 114 Å². The molecule has 1 aromatic rings. The minimum absolute atomic E-state index is 0.200. The molecule has 23 heavy (non-hydrogen) atoms. The lowest BCUT2D eigenvalue weighted by Gasteiger charge is -2.26. The van der Waals surface area contributed by atoms with E-state index in [9.17, 15) is 9.59 Å². The highest BCUT2D eigenvalue weighted by Crippen LogP contribution is 2.29. The van der Waals surface area contributed by atoms with Crippen LogP contribution in [0.3, 0.4) is 0 Å². The fourth-order valence-corrected chi connectivity index (χ4v) is 2.87. The van der Waals surface area contributed by atoms with E-state index in [2.05, 4.69) is 4.84 Å². The number of nitrogens with two attached hydrogens (primary N) is 2. The Morgan fingerprint density at radius 3 is 2.26 bits per heavy atom. The zero-order valence-electron chi connectivity index (χ0n) is 13.3. The van der Waals surface area contributed by atoms with Gasteiger partial charge >= 0.3 is 11.9 Å². The summed E-state index contributed by atoms with van der Waals surface area (Å²) >= 11 is 0. The van der Waals surface area contributed by atoms with Crippen molar-refractivity contribution >= 4 is 11.9 Å². The largest absolute Gasteiger partial charge is 0.459 e. The predicted molar refractivity (Wildman–Crippen MR) is 82.2 cm³/mol. The predicted octanol–water partition coefficient (Wildman–Crippen LogP) is 1.69. The smallest absolute Gasteiger partial charge is 0.338 e. The molecule has 1 aromatic carbocycles. The van der Waals surface area contributed by atoms with E-state index >= 15 is 0 Å². The third-order valence-electron chi connectivity index (χ3n) is 4.48. The molecule has 1 aliphatic carbocycles. The van der Waals surface area contributed by atoms with Gasteiger partial charge in [0, 0.05) is 0 Å². The van der Waals surface area contributed by atoms with Crippen LogP contribution in [0.2, 0.25) is 0 Å². The first kappa shape index (κ1) is 17.2. The van der Waals surface area contributed by atoms with E-state index in [0.717, 1.165) is 11.1 Å². The van der Waals surface area contributed by atoms with Crippen molar-refractivity contribution in [2.24, 2.45) is 17.7 Å². The van der Waals surface area contributed by atoms with E-state index in [1.54, 1.807) is 12.1 Å². The molecule has 0 aromatic heterocycles. The molecule has 0 bridgehead atoms. The second kappa shape index (κ2) is 7.43. The second-order valence-corrected chi connectivity index (χ2v) is 5.79. The van der Waals surface area contributed by atoms with Gasteiger partial charge in [-0.05, 0) is 62.8 Å². The van der Waals surface area contributed by atoms with Crippen LogP contribution in [-0.4, -0.2) is 18.0 Å². The van der Waals surface area contributed by atoms with Crippen molar-refractivity contribution < 1.29 is 24.0 Å². The summed E-state index contributed by atoms with van der Waals surface area (Å²) in [5.74, 6) is 9.62. The molecule has 7 heteroatoms. The Kier molecular flexibility index (Phi) is 5.57. The van der Waals surface area contributed by atoms with E-state index in [0.29, 0.717) is 37.0 Å². The average Bonchev–Trinajstić information content (AvgIpc) is 2.57. The van der Waals surface area contributed by atoms with Crippen LogP contribution in [0, 0.1) is 19.8 Å². The summed E-state index contributed by atoms with van der Waals surface area (Å²) in [4.78, 5) is 32.7. The maximum atomic E-state index is 12.4. The van der Waals surface area contributed by atoms with Gasteiger partial charge in [-0.1, -0.05) is 0 Å². The van der Waals surface area contributed by atoms with Crippen molar-refractivity contribution in [3.05, 3.63) is 28.8 Å². The Morgan fingerprint density at radius 1 is 1.04 bits per heavy atom. The highest BCUT2D eigenvalue weighted by Gasteiger charge is 2.29. The van der Waals surface area contributed by atoms with Crippen LogP contribution in [0.1, 0.15) is 47.2 Å². The van der Waals surface area contributed by atoms with Crippen molar-refractivity contribution in [3.63, 3.8) is 0 Å². The van der Waals surface area contributed by atoms with E-state index < -0.39 is 5.97 Å². The molecule has 126 valence electrons. The quantitative estimate of drug-likeness (QED) is 0.640. The summed E-state index contributed by atoms with van der Waals surface area (Å²) < 4.78 is 5.55. The Morgan fingerprint density at radius 2 is 1.70 bits per heavy atom. The highest BCUT2D eigenvalue weighted by atomic mass is 16.7. The first-order chi connectivity index (χ1) is 11.0. The molecule has 0 radical (unpaired) electrons. The first-order valence-electron chi connectivity index (χ1n) is 7.56. The molecular formula is C16H22N2O5. The van der Waals surface area contributed by atoms with E-state index in [-0.39, 0.29) is 18.0 Å².